The molecule has 1 N–H and O–H groups in total. The lowest BCUT2D eigenvalue weighted by Crippen LogP contribution is -2.32. The van der Waals surface area contributed by atoms with Gasteiger partial charge >= 0.3 is 0 Å². The quantitative estimate of drug-likeness (QED) is 0.611. The van der Waals surface area contributed by atoms with Crippen molar-refractivity contribution in [3.63, 3.8) is 0 Å². The monoisotopic (exact) mass is 474 g/mol. The van der Waals surface area contributed by atoms with Gasteiger partial charge in [0.05, 0.1) is 24.7 Å². The van der Waals surface area contributed by atoms with Crippen LogP contribution in [0.2, 0.25) is 0 Å². The Hall–Kier alpha value is -2.58. The van der Waals surface area contributed by atoms with Crippen molar-refractivity contribution in [1.82, 2.24) is 9.62 Å². The van der Waals surface area contributed by atoms with Crippen LogP contribution in [-0.4, -0.2) is 46.5 Å². The summed E-state index contributed by atoms with van der Waals surface area (Å²) in [7, 11) is -0.781. The fraction of sp³-hybridized carbons (Fsp3) is 0.480. The second-order valence-corrected chi connectivity index (χ2v) is 10.1. The van der Waals surface area contributed by atoms with Gasteiger partial charge in [0.25, 0.3) is 5.91 Å². The largest absolute Gasteiger partial charge is 0.496 e. The first-order chi connectivity index (χ1) is 15.8. The molecule has 0 aromatic heterocycles. The number of nitrogens with zero attached hydrogens (tertiary/aromatic N) is 1. The summed E-state index contributed by atoms with van der Waals surface area (Å²) in [6, 6.07) is 9.69. The fourth-order valence-corrected chi connectivity index (χ4v) is 5.56. The van der Waals surface area contributed by atoms with Crippen molar-refractivity contribution in [2.45, 2.75) is 56.9 Å². The summed E-state index contributed by atoms with van der Waals surface area (Å²) in [6.45, 7) is 5.20. The number of sulfonamides is 1. The molecule has 3 rings (SSSR count). The van der Waals surface area contributed by atoms with Crippen LogP contribution < -0.4 is 14.2 Å². The Balaban J connectivity index is 1.89. The smallest absolute Gasteiger partial charge is 0.257 e. The highest BCUT2D eigenvalue weighted by molar-refractivity contribution is 7.89. The number of nitrogens with one attached hydrogen (secondary N) is 1. The molecule has 0 aliphatic carbocycles. The number of hydrogen-bond donors (Lipinski definition) is 1. The number of benzene rings is 2. The van der Waals surface area contributed by atoms with Gasteiger partial charge in [0.1, 0.15) is 11.5 Å². The van der Waals surface area contributed by atoms with Gasteiger partial charge in [-0.2, -0.15) is 0 Å². The lowest BCUT2D eigenvalue weighted by molar-refractivity contribution is 0.0758. The Kier molecular flexibility index (Phi) is 8.37. The van der Waals surface area contributed by atoms with Crippen molar-refractivity contribution in [3.05, 3.63) is 53.1 Å². The average molecular weight is 475 g/mol. The summed E-state index contributed by atoms with van der Waals surface area (Å²) in [5.41, 5.74) is 2.06. The topological polar surface area (TPSA) is 84.9 Å². The van der Waals surface area contributed by atoms with E-state index in [0.29, 0.717) is 25.3 Å². The Labute approximate surface area is 197 Å². The molecule has 0 saturated carbocycles. The van der Waals surface area contributed by atoms with Crippen LogP contribution in [0.1, 0.15) is 66.6 Å². The van der Waals surface area contributed by atoms with E-state index in [2.05, 4.69) is 4.72 Å². The van der Waals surface area contributed by atoms with Gasteiger partial charge in [0.2, 0.25) is 10.0 Å². The molecule has 7 nitrogen and oxygen atoms in total. The number of methoxy groups -OCH3 is 2. The number of hydrogen-bond acceptors (Lipinski definition) is 5. The zero-order valence-corrected chi connectivity index (χ0v) is 20.7. The third-order valence-electron chi connectivity index (χ3n) is 6.13. The van der Waals surface area contributed by atoms with E-state index in [0.717, 1.165) is 42.6 Å². The zero-order chi connectivity index (χ0) is 24.0. The molecule has 2 aromatic rings. The van der Waals surface area contributed by atoms with E-state index in [9.17, 15) is 13.2 Å². The number of rotatable bonds is 8. The van der Waals surface area contributed by atoms with Crippen LogP contribution in [0.3, 0.4) is 0 Å². The molecule has 0 spiro atoms. The minimum Gasteiger partial charge on any atom is -0.496 e. The molecule has 1 unspecified atom stereocenters. The first kappa shape index (κ1) is 25.1. The maximum Gasteiger partial charge on any atom is 0.257 e. The van der Waals surface area contributed by atoms with Gasteiger partial charge in [-0.3, -0.25) is 4.79 Å². The van der Waals surface area contributed by atoms with Crippen LogP contribution >= 0.6 is 0 Å². The number of carbonyl (C=O) groups is 1. The highest BCUT2D eigenvalue weighted by Gasteiger charge is 2.26. The van der Waals surface area contributed by atoms with E-state index in [1.807, 2.05) is 32.0 Å². The van der Waals surface area contributed by atoms with E-state index in [4.69, 9.17) is 9.47 Å². The van der Waals surface area contributed by atoms with Gasteiger partial charge in [-0.1, -0.05) is 31.9 Å². The molecule has 33 heavy (non-hydrogen) atoms. The summed E-state index contributed by atoms with van der Waals surface area (Å²) in [6.07, 6.45) is 4.67. The van der Waals surface area contributed by atoms with Gasteiger partial charge in [0, 0.05) is 19.1 Å². The van der Waals surface area contributed by atoms with Crippen LogP contribution in [0, 0.1) is 6.92 Å². The molecule has 0 radical (unpaired) electrons. The molecule has 1 heterocycles. The maximum absolute atomic E-state index is 13.3. The summed E-state index contributed by atoms with van der Waals surface area (Å²) in [4.78, 5) is 15.1. The second kappa shape index (κ2) is 11.0. The van der Waals surface area contributed by atoms with Crippen molar-refractivity contribution in [3.8, 4) is 11.5 Å². The van der Waals surface area contributed by atoms with Crippen molar-refractivity contribution < 1.29 is 22.7 Å². The first-order valence-electron chi connectivity index (χ1n) is 11.4. The molecule has 8 heteroatoms. The second-order valence-electron chi connectivity index (χ2n) is 8.38. The number of aryl methyl sites for hydroxylation is 1. The molecule has 1 atom stereocenters. The van der Waals surface area contributed by atoms with Gasteiger partial charge in [-0.15, -0.1) is 0 Å². The average Bonchev–Trinajstić information content (AvgIpc) is 3.11. The van der Waals surface area contributed by atoms with Crippen molar-refractivity contribution in [2.75, 3.05) is 27.3 Å². The highest BCUT2D eigenvalue weighted by Crippen LogP contribution is 2.28. The maximum atomic E-state index is 13.3. The minimum atomic E-state index is -3.87. The summed E-state index contributed by atoms with van der Waals surface area (Å²) in [5, 5.41) is 0. The molecule has 1 saturated heterocycles. The number of likely N-dealkylation sites (tertiary alicyclic amines) is 1. The Morgan fingerprint density at radius 2 is 1.64 bits per heavy atom. The molecule has 1 aliphatic rings. The van der Waals surface area contributed by atoms with E-state index >= 15 is 0 Å². The van der Waals surface area contributed by atoms with Gasteiger partial charge in [0.15, 0.2) is 0 Å². The standard InChI is InChI=1S/C25H34N2O5S/c1-5-22(19-10-12-23(31-3)18(2)16-19)26-33(29,30)20-11-13-24(32-4)21(17-20)25(28)27-14-8-6-7-9-15-27/h10-13,16-17,22,26H,5-9,14-15H2,1-4H3. The highest BCUT2D eigenvalue weighted by atomic mass is 32.2. The van der Waals surface area contributed by atoms with Gasteiger partial charge < -0.3 is 14.4 Å². The number of ether oxygens (including phenoxy) is 2. The predicted octanol–water partition coefficient (Wildman–Crippen LogP) is 4.46. The molecule has 1 amide bonds. The Morgan fingerprint density at radius 3 is 2.21 bits per heavy atom. The van der Waals surface area contributed by atoms with E-state index in [-0.39, 0.29) is 16.4 Å². The van der Waals surface area contributed by atoms with Crippen LogP contribution in [0.15, 0.2) is 41.3 Å². The van der Waals surface area contributed by atoms with Crippen LogP contribution in [-0.2, 0) is 10.0 Å². The molecular formula is C25H34N2O5S. The lowest BCUT2D eigenvalue weighted by Gasteiger charge is -2.22. The third-order valence-corrected chi connectivity index (χ3v) is 7.60. The van der Waals surface area contributed by atoms with E-state index in [1.165, 1.54) is 19.2 Å². The van der Waals surface area contributed by atoms with Crippen molar-refractivity contribution in [2.24, 2.45) is 0 Å². The van der Waals surface area contributed by atoms with Crippen molar-refractivity contribution in [1.29, 1.82) is 0 Å². The van der Waals surface area contributed by atoms with Crippen LogP contribution in [0.4, 0.5) is 0 Å². The third kappa shape index (κ3) is 5.86. The lowest BCUT2D eigenvalue weighted by atomic mass is 10.0. The molecular weight excluding hydrogens is 440 g/mol. The Bertz CT molecular complexity index is 1080. The van der Waals surface area contributed by atoms with E-state index < -0.39 is 16.1 Å². The molecule has 0 bridgehead atoms. The predicted molar refractivity (Wildman–Crippen MR) is 128 cm³/mol. The normalized spacial score (nSPS) is 15.6. The van der Waals surface area contributed by atoms with Gasteiger partial charge in [-0.05, 0) is 61.6 Å². The number of amides is 1. The number of carbonyl (C=O) groups excluding carboxylic acids is 1. The fourth-order valence-electron chi connectivity index (χ4n) is 4.23. The zero-order valence-electron chi connectivity index (χ0n) is 19.9. The molecule has 180 valence electrons. The summed E-state index contributed by atoms with van der Waals surface area (Å²) < 4.78 is 40.1. The molecule has 2 aromatic carbocycles. The summed E-state index contributed by atoms with van der Waals surface area (Å²) >= 11 is 0. The van der Waals surface area contributed by atoms with Gasteiger partial charge in [-0.25, -0.2) is 13.1 Å². The minimum absolute atomic E-state index is 0.0464. The van der Waals surface area contributed by atoms with Crippen molar-refractivity contribution >= 4 is 15.9 Å². The first-order valence-corrected chi connectivity index (χ1v) is 12.9. The molecule has 1 aliphatic heterocycles. The SMILES string of the molecule is CCC(NS(=O)(=O)c1ccc(OC)c(C(=O)N2CCCCCC2)c1)c1ccc(OC)c(C)c1. The van der Waals surface area contributed by atoms with Crippen LogP contribution in [0.25, 0.3) is 0 Å². The Morgan fingerprint density at radius 1 is 1.00 bits per heavy atom. The summed E-state index contributed by atoms with van der Waals surface area (Å²) in [5.74, 6) is 0.938. The van der Waals surface area contributed by atoms with E-state index in [1.54, 1.807) is 18.1 Å². The van der Waals surface area contributed by atoms with Crippen LogP contribution in [0.5, 0.6) is 11.5 Å². The molecule has 1 fully saturated rings.